The summed E-state index contributed by atoms with van der Waals surface area (Å²) in [5.74, 6) is 1.10. The Balaban J connectivity index is 2.00. The molecule has 1 fully saturated rings. The number of hydrogen-bond acceptors (Lipinski definition) is 3. The number of carbonyl (C=O) groups excluding carboxylic acids is 1. The van der Waals surface area contributed by atoms with Gasteiger partial charge in [-0.1, -0.05) is 26.7 Å². The lowest BCUT2D eigenvalue weighted by Crippen LogP contribution is -2.43. The van der Waals surface area contributed by atoms with E-state index in [1.54, 1.807) is 12.4 Å². The first-order chi connectivity index (χ1) is 8.58. The summed E-state index contributed by atoms with van der Waals surface area (Å²) in [7, 11) is 0. The Morgan fingerprint density at radius 3 is 2.72 bits per heavy atom. The maximum absolute atomic E-state index is 12.1. The van der Waals surface area contributed by atoms with Gasteiger partial charge in [-0.05, 0) is 25.2 Å². The van der Waals surface area contributed by atoms with Crippen molar-refractivity contribution in [3.63, 3.8) is 0 Å². The molecule has 0 spiro atoms. The summed E-state index contributed by atoms with van der Waals surface area (Å²) < 4.78 is 0. The molecule has 4 nitrogen and oxygen atoms in total. The van der Waals surface area contributed by atoms with Crippen LogP contribution in [0.25, 0.3) is 0 Å². The van der Waals surface area contributed by atoms with Crippen LogP contribution in [0.5, 0.6) is 0 Å². The van der Waals surface area contributed by atoms with Crippen molar-refractivity contribution >= 4 is 5.91 Å². The topological polar surface area (TPSA) is 54.9 Å². The van der Waals surface area contributed by atoms with Crippen molar-refractivity contribution in [3.8, 4) is 0 Å². The largest absolute Gasteiger partial charge is 0.348 e. The number of rotatable bonds is 2. The second-order valence-corrected chi connectivity index (χ2v) is 5.39. The maximum atomic E-state index is 12.1. The molecule has 1 aromatic rings. The summed E-state index contributed by atoms with van der Waals surface area (Å²) in [5, 5.41) is 3.09. The van der Waals surface area contributed by atoms with E-state index >= 15 is 0 Å². The van der Waals surface area contributed by atoms with Crippen molar-refractivity contribution in [1.29, 1.82) is 0 Å². The summed E-state index contributed by atoms with van der Waals surface area (Å²) in [4.78, 5) is 20.3. The van der Waals surface area contributed by atoms with E-state index in [0.717, 1.165) is 12.1 Å². The average Bonchev–Trinajstić information content (AvgIpc) is 2.36. The smallest absolute Gasteiger partial charge is 0.271 e. The monoisotopic (exact) mass is 247 g/mol. The average molecular weight is 247 g/mol. The first-order valence-corrected chi connectivity index (χ1v) is 6.67. The Morgan fingerprint density at radius 2 is 2.06 bits per heavy atom. The van der Waals surface area contributed by atoms with E-state index in [4.69, 9.17) is 0 Å². The fourth-order valence-corrected chi connectivity index (χ4v) is 2.54. The molecule has 1 heterocycles. The first kappa shape index (κ1) is 13.0. The Hall–Kier alpha value is -1.45. The SMILES string of the molecule is Cc1cnc(C(=O)N[C@@H]2CCC[C@@H](C)[C@@H]2C)cn1. The molecule has 98 valence electrons. The van der Waals surface area contributed by atoms with E-state index in [0.29, 0.717) is 17.5 Å². The lowest BCUT2D eigenvalue weighted by atomic mass is 9.78. The van der Waals surface area contributed by atoms with Crippen molar-refractivity contribution in [2.24, 2.45) is 11.8 Å². The van der Waals surface area contributed by atoms with E-state index in [1.807, 2.05) is 6.92 Å². The van der Waals surface area contributed by atoms with Crippen LogP contribution in [-0.2, 0) is 0 Å². The molecule has 4 heteroatoms. The van der Waals surface area contributed by atoms with Crippen LogP contribution in [0.1, 0.15) is 49.3 Å². The van der Waals surface area contributed by atoms with Gasteiger partial charge >= 0.3 is 0 Å². The predicted octanol–water partition coefficient (Wildman–Crippen LogP) is 2.34. The third-order valence-corrected chi connectivity index (χ3v) is 4.04. The van der Waals surface area contributed by atoms with Gasteiger partial charge in [0.15, 0.2) is 0 Å². The summed E-state index contributed by atoms with van der Waals surface area (Å²) in [6, 6.07) is 0.268. The molecule has 0 bridgehead atoms. The molecule has 0 radical (unpaired) electrons. The first-order valence-electron chi connectivity index (χ1n) is 6.67. The lowest BCUT2D eigenvalue weighted by molar-refractivity contribution is 0.0885. The zero-order valence-corrected chi connectivity index (χ0v) is 11.3. The van der Waals surface area contributed by atoms with E-state index in [1.165, 1.54) is 12.8 Å². The van der Waals surface area contributed by atoms with Crippen molar-refractivity contribution in [1.82, 2.24) is 15.3 Å². The Kier molecular flexibility index (Phi) is 3.94. The second-order valence-electron chi connectivity index (χ2n) is 5.39. The molecular weight excluding hydrogens is 226 g/mol. The molecule has 2 rings (SSSR count). The highest BCUT2D eigenvalue weighted by Crippen LogP contribution is 2.29. The van der Waals surface area contributed by atoms with Gasteiger partial charge in [0.2, 0.25) is 0 Å². The van der Waals surface area contributed by atoms with Gasteiger partial charge in [-0.25, -0.2) is 4.98 Å². The highest BCUT2D eigenvalue weighted by molar-refractivity contribution is 5.92. The van der Waals surface area contributed by atoms with Crippen LogP contribution in [0.15, 0.2) is 12.4 Å². The third-order valence-electron chi connectivity index (χ3n) is 4.04. The fraction of sp³-hybridized carbons (Fsp3) is 0.643. The van der Waals surface area contributed by atoms with Gasteiger partial charge < -0.3 is 5.32 Å². The normalized spacial score (nSPS) is 27.8. The number of amides is 1. The Bertz CT molecular complexity index is 416. The van der Waals surface area contributed by atoms with Gasteiger partial charge in [-0.2, -0.15) is 0 Å². The van der Waals surface area contributed by atoms with E-state index in [2.05, 4.69) is 29.1 Å². The summed E-state index contributed by atoms with van der Waals surface area (Å²) in [5.41, 5.74) is 1.23. The number of aromatic nitrogens is 2. The van der Waals surface area contributed by atoms with Gasteiger partial charge in [0.05, 0.1) is 11.9 Å². The van der Waals surface area contributed by atoms with Crippen LogP contribution >= 0.6 is 0 Å². The summed E-state index contributed by atoms with van der Waals surface area (Å²) in [6.07, 6.45) is 6.69. The van der Waals surface area contributed by atoms with E-state index in [-0.39, 0.29) is 11.9 Å². The Morgan fingerprint density at radius 1 is 1.28 bits per heavy atom. The molecule has 18 heavy (non-hydrogen) atoms. The quantitative estimate of drug-likeness (QED) is 0.872. The van der Waals surface area contributed by atoms with Gasteiger partial charge in [0, 0.05) is 12.2 Å². The van der Waals surface area contributed by atoms with Crippen LogP contribution in [0, 0.1) is 18.8 Å². The second kappa shape index (κ2) is 5.46. The van der Waals surface area contributed by atoms with Gasteiger partial charge in [0.25, 0.3) is 5.91 Å². The van der Waals surface area contributed by atoms with Gasteiger partial charge in [-0.3, -0.25) is 9.78 Å². The number of nitrogens with one attached hydrogen (secondary N) is 1. The zero-order valence-electron chi connectivity index (χ0n) is 11.3. The molecule has 0 aliphatic heterocycles. The summed E-state index contributed by atoms with van der Waals surface area (Å²) in [6.45, 7) is 6.34. The Labute approximate surface area is 108 Å². The number of carbonyl (C=O) groups is 1. The molecule has 1 amide bonds. The van der Waals surface area contributed by atoms with Gasteiger partial charge in [-0.15, -0.1) is 0 Å². The highest BCUT2D eigenvalue weighted by Gasteiger charge is 2.28. The van der Waals surface area contributed by atoms with Crippen molar-refractivity contribution in [2.45, 2.75) is 46.1 Å². The minimum atomic E-state index is -0.103. The molecule has 3 atom stereocenters. The standard InChI is InChI=1S/C14H21N3O/c1-9-5-4-6-12(11(9)3)17-14(18)13-8-15-10(2)7-16-13/h7-9,11-12H,4-6H2,1-3H3,(H,17,18)/t9-,11+,12-/m1/s1. The molecule has 0 unspecified atom stereocenters. The van der Waals surface area contributed by atoms with Crippen LogP contribution in [0.4, 0.5) is 0 Å². The van der Waals surface area contributed by atoms with Crippen LogP contribution in [0.3, 0.4) is 0 Å². The third kappa shape index (κ3) is 2.86. The minimum Gasteiger partial charge on any atom is -0.348 e. The molecule has 1 saturated carbocycles. The highest BCUT2D eigenvalue weighted by atomic mass is 16.1. The van der Waals surface area contributed by atoms with Crippen LogP contribution in [0.2, 0.25) is 0 Å². The van der Waals surface area contributed by atoms with Crippen LogP contribution < -0.4 is 5.32 Å². The number of nitrogens with zero attached hydrogens (tertiary/aromatic N) is 2. The van der Waals surface area contributed by atoms with Crippen molar-refractivity contribution in [2.75, 3.05) is 0 Å². The van der Waals surface area contributed by atoms with Crippen LogP contribution in [-0.4, -0.2) is 21.9 Å². The zero-order chi connectivity index (χ0) is 13.1. The molecule has 1 N–H and O–H groups in total. The van der Waals surface area contributed by atoms with E-state index in [9.17, 15) is 4.79 Å². The van der Waals surface area contributed by atoms with Gasteiger partial charge in [0.1, 0.15) is 5.69 Å². The predicted molar refractivity (Wildman–Crippen MR) is 70.2 cm³/mol. The minimum absolute atomic E-state index is 0.103. The molecule has 0 aromatic carbocycles. The number of hydrogen-bond donors (Lipinski definition) is 1. The molecule has 0 saturated heterocycles. The molecule has 1 aliphatic carbocycles. The van der Waals surface area contributed by atoms with Crippen molar-refractivity contribution < 1.29 is 4.79 Å². The summed E-state index contributed by atoms with van der Waals surface area (Å²) >= 11 is 0. The van der Waals surface area contributed by atoms with E-state index < -0.39 is 0 Å². The molecule has 1 aliphatic rings. The molecular formula is C14H21N3O. The maximum Gasteiger partial charge on any atom is 0.271 e. The van der Waals surface area contributed by atoms with Crippen molar-refractivity contribution in [3.05, 3.63) is 23.8 Å². The lowest BCUT2D eigenvalue weighted by Gasteiger charge is -2.34. The molecule has 1 aromatic heterocycles. The number of aryl methyl sites for hydroxylation is 1. The fourth-order valence-electron chi connectivity index (χ4n) is 2.54.